The molecule has 1 aliphatic rings. The van der Waals surface area contributed by atoms with Crippen molar-refractivity contribution in [3.63, 3.8) is 0 Å². The van der Waals surface area contributed by atoms with E-state index >= 15 is 0 Å². The molecule has 2 rings (SSSR count). The summed E-state index contributed by atoms with van der Waals surface area (Å²) < 4.78 is 32.6. The fourth-order valence-electron chi connectivity index (χ4n) is 2.36. The van der Waals surface area contributed by atoms with Crippen LogP contribution >= 0.6 is 34.5 Å². The number of sulfonamides is 1. The molecule has 2 atom stereocenters. The monoisotopic (exact) mass is 358 g/mol. The second-order valence-electron chi connectivity index (χ2n) is 4.58. The second-order valence-corrected chi connectivity index (χ2v) is 8.72. The van der Waals surface area contributed by atoms with Crippen LogP contribution in [-0.4, -0.2) is 45.1 Å². The Kier molecular flexibility index (Phi) is 5.34. The van der Waals surface area contributed by atoms with Crippen LogP contribution in [0, 0.1) is 0 Å². The van der Waals surface area contributed by atoms with Crippen molar-refractivity contribution in [3.8, 4) is 0 Å². The lowest BCUT2D eigenvalue weighted by Gasteiger charge is -2.37. The van der Waals surface area contributed by atoms with Crippen molar-refractivity contribution in [3.05, 3.63) is 14.7 Å². The normalized spacial score (nSPS) is 25.0. The average Bonchev–Trinajstić information content (AvgIpc) is 2.77. The van der Waals surface area contributed by atoms with Crippen LogP contribution in [0.25, 0.3) is 0 Å². The molecule has 0 aliphatic carbocycles. The van der Waals surface area contributed by atoms with E-state index < -0.39 is 10.0 Å². The minimum atomic E-state index is -3.67. The number of piperidine rings is 1. The zero-order valence-corrected chi connectivity index (χ0v) is 14.0. The quantitative estimate of drug-likeness (QED) is 0.894. The van der Waals surface area contributed by atoms with E-state index in [9.17, 15) is 8.42 Å². The molecule has 20 heavy (non-hydrogen) atoms. The second kappa shape index (κ2) is 6.48. The number of methoxy groups -OCH3 is 1. The van der Waals surface area contributed by atoms with Crippen molar-refractivity contribution in [1.29, 1.82) is 0 Å². The Morgan fingerprint density at radius 1 is 1.55 bits per heavy atom. The van der Waals surface area contributed by atoms with Gasteiger partial charge in [-0.05, 0) is 18.9 Å². The van der Waals surface area contributed by atoms with Gasteiger partial charge in [0, 0.05) is 26.2 Å². The molecule has 1 aromatic rings. The van der Waals surface area contributed by atoms with Crippen LogP contribution < -0.4 is 5.73 Å². The first-order valence-electron chi connectivity index (χ1n) is 6.09. The molecule has 9 heteroatoms. The van der Waals surface area contributed by atoms with Gasteiger partial charge in [-0.25, -0.2) is 8.42 Å². The minimum Gasteiger partial charge on any atom is -0.381 e. The van der Waals surface area contributed by atoms with Gasteiger partial charge >= 0.3 is 0 Å². The third-order valence-electron chi connectivity index (χ3n) is 3.43. The van der Waals surface area contributed by atoms with Crippen LogP contribution in [0.15, 0.2) is 11.0 Å². The first-order chi connectivity index (χ1) is 9.40. The molecule has 5 nitrogen and oxygen atoms in total. The SMILES string of the molecule is COC1CCN(S(=O)(=O)c2cc(Cl)sc2Cl)C(CN)C1. The van der Waals surface area contributed by atoms with Crippen LogP contribution in [0.1, 0.15) is 12.8 Å². The van der Waals surface area contributed by atoms with Crippen LogP contribution in [0.3, 0.4) is 0 Å². The molecule has 0 aromatic carbocycles. The zero-order chi connectivity index (χ0) is 14.9. The summed E-state index contributed by atoms with van der Waals surface area (Å²) in [5.74, 6) is 0. The first-order valence-corrected chi connectivity index (χ1v) is 9.11. The summed E-state index contributed by atoms with van der Waals surface area (Å²) in [6, 6.07) is 1.10. The smallest absolute Gasteiger partial charge is 0.245 e. The largest absolute Gasteiger partial charge is 0.381 e. The molecule has 0 spiro atoms. The van der Waals surface area contributed by atoms with Crippen molar-refractivity contribution in [1.82, 2.24) is 4.31 Å². The maximum absolute atomic E-state index is 12.7. The lowest BCUT2D eigenvalue weighted by molar-refractivity contribution is 0.0402. The van der Waals surface area contributed by atoms with E-state index in [2.05, 4.69) is 0 Å². The standard InChI is InChI=1S/C11H16Cl2N2O3S2/c1-18-8-2-3-15(7(4-8)6-14)20(16,17)9-5-10(12)19-11(9)13/h5,7-8H,2-4,6,14H2,1H3. The lowest BCUT2D eigenvalue weighted by Crippen LogP contribution is -2.51. The first kappa shape index (κ1) is 16.5. The number of halogens is 2. The molecular formula is C11H16Cl2N2O3S2. The van der Waals surface area contributed by atoms with Gasteiger partial charge in [0.2, 0.25) is 10.0 Å². The highest BCUT2D eigenvalue weighted by Crippen LogP contribution is 2.37. The maximum atomic E-state index is 12.7. The molecule has 2 N–H and O–H groups in total. The number of nitrogens with two attached hydrogens (primary N) is 1. The van der Waals surface area contributed by atoms with E-state index in [0.29, 0.717) is 23.7 Å². The van der Waals surface area contributed by atoms with Crippen molar-refractivity contribution < 1.29 is 13.2 Å². The van der Waals surface area contributed by atoms with E-state index in [1.807, 2.05) is 0 Å². The molecular weight excluding hydrogens is 343 g/mol. The van der Waals surface area contributed by atoms with E-state index in [4.69, 9.17) is 33.7 Å². The number of hydrogen-bond acceptors (Lipinski definition) is 5. The Bertz CT molecular complexity index is 576. The van der Waals surface area contributed by atoms with Gasteiger partial charge in [0.25, 0.3) is 0 Å². The summed E-state index contributed by atoms with van der Waals surface area (Å²) in [6.45, 7) is 0.612. The molecule has 2 heterocycles. The third-order valence-corrected chi connectivity index (χ3v) is 7.14. The van der Waals surface area contributed by atoms with Crippen molar-refractivity contribution in [2.24, 2.45) is 5.73 Å². The fourth-order valence-corrected chi connectivity index (χ4v) is 6.14. The lowest BCUT2D eigenvalue weighted by atomic mass is 10.0. The molecule has 114 valence electrons. The maximum Gasteiger partial charge on any atom is 0.245 e. The number of thiophene rings is 1. The van der Waals surface area contributed by atoms with Crippen molar-refractivity contribution in [2.45, 2.75) is 29.9 Å². The van der Waals surface area contributed by atoms with Gasteiger partial charge in [-0.2, -0.15) is 4.31 Å². The Balaban J connectivity index is 2.31. The number of hydrogen-bond donors (Lipinski definition) is 1. The van der Waals surface area contributed by atoms with E-state index in [-0.39, 0.29) is 27.9 Å². The molecule has 2 unspecified atom stereocenters. The van der Waals surface area contributed by atoms with E-state index in [0.717, 1.165) is 11.3 Å². The molecule has 0 radical (unpaired) electrons. The summed E-state index contributed by atoms with van der Waals surface area (Å²) in [6.07, 6.45) is 1.26. The predicted molar refractivity (Wildman–Crippen MR) is 81.1 cm³/mol. The molecule has 0 saturated carbocycles. The molecule has 0 bridgehead atoms. The Hall–Kier alpha value is 0.110. The van der Waals surface area contributed by atoms with Gasteiger partial charge in [-0.15, -0.1) is 11.3 Å². The number of rotatable bonds is 4. The van der Waals surface area contributed by atoms with Crippen LogP contribution in [0.4, 0.5) is 0 Å². The van der Waals surface area contributed by atoms with Gasteiger partial charge in [-0.3, -0.25) is 0 Å². The summed E-state index contributed by atoms with van der Waals surface area (Å²) in [5, 5.41) is 0. The number of ether oxygens (including phenoxy) is 1. The summed E-state index contributed by atoms with van der Waals surface area (Å²) in [4.78, 5) is 0.0588. The topological polar surface area (TPSA) is 72.6 Å². The Morgan fingerprint density at radius 3 is 2.75 bits per heavy atom. The molecule has 1 saturated heterocycles. The van der Waals surface area contributed by atoms with E-state index in [1.54, 1.807) is 7.11 Å². The van der Waals surface area contributed by atoms with Gasteiger partial charge in [-0.1, -0.05) is 23.2 Å². The van der Waals surface area contributed by atoms with E-state index in [1.165, 1.54) is 10.4 Å². The fraction of sp³-hybridized carbons (Fsp3) is 0.636. The van der Waals surface area contributed by atoms with Crippen molar-refractivity contribution >= 4 is 44.6 Å². The summed E-state index contributed by atoms with van der Waals surface area (Å²) in [7, 11) is -2.05. The van der Waals surface area contributed by atoms with Crippen LogP contribution in [0.2, 0.25) is 8.67 Å². The highest BCUT2D eigenvalue weighted by molar-refractivity contribution is 7.89. The Labute approximate surface area is 132 Å². The number of nitrogens with zero attached hydrogens (tertiary/aromatic N) is 1. The van der Waals surface area contributed by atoms with Gasteiger partial charge < -0.3 is 10.5 Å². The Morgan fingerprint density at radius 2 is 2.25 bits per heavy atom. The van der Waals surface area contributed by atoms with Gasteiger partial charge in [0.05, 0.1) is 10.4 Å². The highest BCUT2D eigenvalue weighted by Gasteiger charge is 2.37. The molecule has 1 aromatic heterocycles. The summed E-state index contributed by atoms with van der Waals surface area (Å²) in [5.41, 5.74) is 5.71. The highest BCUT2D eigenvalue weighted by atomic mass is 35.5. The van der Waals surface area contributed by atoms with Gasteiger partial charge in [0.15, 0.2) is 0 Å². The zero-order valence-electron chi connectivity index (χ0n) is 10.9. The molecule has 0 amide bonds. The van der Waals surface area contributed by atoms with Gasteiger partial charge in [0.1, 0.15) is 9.23 Å². The van der Waals surface area contributed by atoms with Crippen LogP contribution in [-0.2, 0) is 14.8 Å². The third kappa shape index (κ3) is 3.14. The minimum absolute atomic E-state index is 0.0385. The molecule has 1 fully saturated rings. The summed E-state index contributed by atoms with van der Waals surface area (Å²) >= 11 is 12.8. The van der Waals surface area contributed by atoms with Crippen molar-refractivity contribution in [2.75, 3.05) is 20.2 Å². The average molecular weight is 359 g/mol. The predicted octanol–water partition coefficient (Wildman–Crippen LogP) is 2.18. The molecule has 1 aliphatic heterocycles. The van der Waals surface area contributed by atoms with Crippen LogP contribution in [0.5, 0.6) is 0 Å².